The predicted octanol–water partition coefficient (Wildman–Crippen LogP) is 6.05. The molecule has 0 radical (unpaired) electrons. The zero-order valence-electron chi connectivity index (χ0n) is 19.6. The van der Waals surface area contributed by atoms with Gasteiger partial charge in [0.05, 0.1) is 34.4 Å². The van der Waals surface area contributed by atoms with E-state index in [9.17, 15) is 14.2 Å². The van der Waals surface area contributed by atoms with Gasteiger partial charge in [-0.15, -0.1) is 0 Å². The molecule has 198 valence electrons. The molecule has 0 unspecified atom stereocenters. The lowest BCUT2D eigenvalue weighted by Gasteiger charge is -2.15. The van der Waals surface area contributed by atoms with E-state index in [1.165, 1.54) is 11.0 Å². The SMILES string of the molecule is O=C(OCCCCOP(=O)(O)O)c1cccc(N2C(=O)C(=Cc3ccc(-c4ccccc4Cl)o3)SC2=S)c1. The first kappa shape index (κ1) is 28.3. The molecule has 1 fully saturated rings. The molecular weight excluding hydrogens is 573 g/mol. The number of thioether (sulfide) groups is 1. The van der Waals surface area contributed by atoms with Crippen LogP contribution in [0, 0.1) is 0 Å². The van der Waals surface area contributed by atoms with Crippen molar-refractivity contribution in [3.8, 4) is 11.3 Å². The van der Waals surface area contributed by atoms with E-state index in [0.29, 0.717) is 44.3 Å². The molecule has 9 nitrogen and oxygen atoms in total. The van der Waals surface area contributed by atoms with Crippen molar-refractivity contribution in [2.75, 3.05) is 18.1 Å². The van der Waals surface area contributed by atoms with E-state index < -0.39 is 13.8 Å². The molecule has 4 rings (SSSR count). The molecular formula is C25H21ClNO8PS2. The quantitative estimate of drug-likeness (QED) is 0.0942. The van der Waals surface area contributed by atoms with Gasteiger partial charge in [0.2, 0.25) is 0 Å². The summed E-state index contributed by atoms with van der Waals surface area (Å²) in [6, 6.07) is 17.1. The zero-order valence-corrected chi connectivity index (χ0v) is 22.9. The second-order valence-corrected chi connectivity index (χ2v) is 11.2. The molecule has 1 amide bonds. The van der Waals surface area contributed by atoms with Crippen molar-refractivity contribution in [1.82, 2.24) is 0 Å². The molecule has 2 N–H and O–H groups in total. The Bertz CT molecular complexity index is 1450. The Morgan fingerprint density at radius 1 is 1.11 bits per heavy atom. The van der Waals surface area contributed by atoms with E-state index >= 15 is 0 Å². The van der Waals surface area contributed by atoms with Crippen molar-refractivity contribution in [3.63, 3.8) is 0 Å². The summed E-state index contributed by atoms with van der Waals surface area (Å²) >= 11 is 12.8. The van der Waals surface area contributed by atoms with Gasteiger partial charge in [-0.2, -0.15) is 0 Å². The van der Waals surface area contributed by atoms with Gasteiger partial charge in [-0.05, 0) is 55.3 Å². The summed E-state index contributed by atoms with van der Waals surface area (Å²) < 4.78 is 26.4. The lowest BCUT2D eigenvalue weighted by molar-refractivity contribution is -0.113. The van der Waals surface area contributed by atoms with E-state index in [2.05, 4.69) is 4.52 Å². The van der Waals surface area contributed by atoms with Crippen LogP contribution in [0.3, 0.4) is 0 Å². The number of benzene rings is 2. The van der Waals surface area contributed by atoms with Crippen LogP contribution in [0.1, 0.15) is 29.0 Å². The van der Waals surface area contributed by atoms with Crippen LogP contribution in [0.4, 0.5) is 5.69 Å². The number of amides is 1. The van der Waals surface area contributed by atoms with E-state index in [-0.39, 0.29) is 24.7 Å². The average molecular weight is 594 g/mol. The number of halogens is 1. The predicted molar refractivity (Wildman–Crippen MR) is 149 cm³/mol. The Kier molecular flexibility index (Phi) is 9.22. The number of phosphoric ester groups is 1. The maximum absolute atomic E-state index is 13.2. The summed E-state index contributed by atoms with van der Waals surface area (Å²) in [7, 11) is -4.51. The average Bonchev–Trinajstić information content (AvgIpc) is 3.44. The molecule has 13 heteroatoms. The Labute approximate surface area is 232 Å². The number of carbonyl (C=O) groups is 2. The Morgan fingerprint density at radius 3 is 2.63 bits per heavy atom. The fourth-order valence-electron chi connectivity index (χ4n) is 3.46. The maximum Gasteiger partial charge on any atom is 0.469 e. The smallest absolute Gasteiger partial charge is 0.462 e. The summed E-state index contributed by atoms with van der Waals surface area (Å²) in [6.45, 7) is -0.116. The van der Waals surface area contributed by atoms with Crippen LogP contribution >= 0.6 is 43.4 Å². The molecule has 1 saturated heterocycles. The molecule has 0 bridgehead atoms. The first-order valence-corrected chi connectivity index (χ1v) is 14.4. The van der Waals surface area contributed by atoms with Gasteiger partial charge in [0.1, 0.15) is 11.5 Å². The number of anilines is 1. The number of phosphoric acid groups is 1. The topological polar surface area (TPSA) is 127 Å². The minimum atomic E-state index is -4.51. The molecule has 2 heterocycles. The number of unbranched alkanes of at least 4 members (excludes halogenated alkanes) is 1. The van der Waals surface area contributed by atoms with E-state index in [4.69, 9.17) is 42.8 Å². The van der Waals surface area contributed by atoms with E-state index in [0.717, 1.165) is 17.3 Å². The third-order valence-electron chi connectivity index (χ3n) is 5.20. The number of thiocarbonyl (C=S) groups is 1. The highest BCUT2D eigenvalue weighted by atomic mass is 35.5. The first-order chi connectivity index (χ1) is 18.1. The summed E-state index contributed by atoms with van der Waals surface area (Å²) in [6.07, 6.45) is 2.26. The van der Waals surface area contributed by atoms with Crippen molar-refractivity contribution >= 4 is 71.4 Å². The van der Waals surface area contributed by atoms with Gasteiger partial charge in [0.25, 0.3) is 5.91 Å². The second-order valence-electron chi connectivity index (χ2n) is 7.92. The fourth-order valence-corrected chi connectivity index (χ4v) is 5.34. The summed E-state index contributed by atoms with van der Waals surface area (Å²) in [5.41, 5.74) is 1.37. The third kappa shape index (κ3) is 7.21. The maximum atomic E-state index is 13.2. The minimum Gasteiger partial charge on any atom is -0.462 e. The molecule has 2 aromatic carbocycles. The van der Waals surface area contributed by atoms with Crippen molar-refractivity contribution in [2.24, 2.45) is 0 Å². The van der Waals surface area contributed by atoms with Gasteiger partial charge >= 0.3 is 13.8 Å². The Morgan fingerprint density at radius 2 is 1.87 bits per heavy atom. The number of hydrogen-bond acceptors (Lipinski definition) is 8. The number of rotatable bonds is 10. The molecule has 1 aliphatic rings. The van der Waals surface area contributed by atoms with Crippen LogP contribution in [0.15, 0.2) is 70.0 Å². The van der Waals surface area contributed by atoms with Gasteiger partial charge in [-0.1, -0.05) is 53.8 Å². The molecule has 1 aliphatic heterocycles. The third-order valence-corrected chi connectivity index (χ3v) is 7.36. The highest BCUT2D eigenvalue weighted by Crippen LogP contribution is 2.38. The van der Waals surface area contributed by atoms with Gasteiger partial charge in [-0.25, -0.2) is 9.36 Å². The standard InChI is InChI=1S/C25H21ClNO8PS2/c26-20-9-2-1-8-19(20)21-11-10-18(35-21)15-22-23(28)27(25(37)38-22)17-7-5-6-16(14-17)24(29)33-12-3-4-13-34-36(30,31)32/h1-2,5-11,14-15H,3-4,12-13H2,(H2,30,31,32). The van der Waals surface area contributed by atoms with Crippen LogP contribution in [0.25, 0.3) is 17.4 Å². The number of esters is 1. The molecule has 38 heavy (non-hydrogen) atoms. The monoisotopic (exact) mass is 593 g/mol. The highest BCUT2D eigenvalue weighted by Gasteiger charge is 2.34. The highest BCUT2D eigenvalue weighted by molar-refractivity contribution is 8.27. The van der Waals surface area contributed by atoms with Crippen LogP contribution in [0.2, 0.25) is 5.02 Å². The summed E-state index contributed by atoms with van der Waals surface area (Å²) in [5, 5.41) is 0.548. The van der Waals surface area contributed by atoms with E-state index in [1.807, 2.05) is 18.2 Å². The lowest BCUT2D eigenvalue weighted by atomic mass is 10.2. The van der Waals surface area contributed by atoms with Crippen LogP contribution in [-0.4, -0.2) is 39.2 Å². The molecule has 3 aromatic rings. The largest absolute Gasteiger partial charge is 0.469 e. The summed E-state index contributed by atoms with van der Waals surface area (Å²) in [4.78, 5) is 44.7. The van der Waals surface area contributed by atoms with Gasteiger partial charge in [0.15, 0.2) is 4.32 Å². The van der Waals surface area contributed by atoms with Crippen LogP contribution in [-0.2, 0) is 18.6 Å². The van der Waals surface area contributed by atoms with Gasteiger partial charge < -0.3 is 18.9 Å². The first-order valence-electron chi connectivity index (χ1n) is 11.2. The normalized spacial score (nSPS) is 14.9. The van der Waals surface area contributed by atoms with Crippen molar-refractivity contribution in [1.29, 1.82) is 0 Å². The Balaban J connectivity index is 1.40. The van der Waals surface area contributed by atoms with E-state index in [1.54, 1.807) is 42.5 Å². The number of ether oxygens (including phenoxy) is 1. The molecule has 1 aromatic heterocycles. The number of carbonyl (C=O) groups excluding carboxylic acids is 2. The summed E-state index contributed by atoms with van der Waals surface area (Å²) in [5.74, 6) is 0.0690. The number of nitrogens with zero attached hydrogens (tertiary/aromatic N) is 1. The number of furan rings is 1. The zero-order chi connectivity index (χ0) is 27.3. The van der Waals surface area contributed by atoms with Gasteiger partial charge in [-0.3, -0.25) is 14.2 Å². The molecule has 0 aliphatic carbocycles. The second kappa shape index (κ2) is 12.4. The number of hydrogen-bond donors (Lipinski definition) is 2. The molecule has 0 saturated carbocycles. The fraction of sp³-hybridized carbons (Fsp3) is 0.160. The minimum absolute atomic E-state index is 0.0384. The van der Waals surface area contributed by atoms with Crippen LogP contribution in [0.5, 0.6) is 0 Å². The lowest BCUT2D eigenvalue weighted by Crippen LogP contribution is -2.27. The van der Waals surface area contributed by atoms with Crippen molar-refractivity contribution < 1.29 is 37.6 Å². The van der Waals surface area contributed by atoms with Crippen LogP contribution < -0.4 is 4.90 Å². The molecule has 0 spiro atoms. The van der Waals surface area contributed by atoms with Crippen molar-refractivity contribution in [2.45, 2.75) is 12.8 Å². The molecule has 0 atom stereocenters. The van der Waals surface area contributed by atoms with Gasteiger partial charge in [0, 0.05) is 11.6 Å². The Hall–Kier alpha value is -2.76. The van der Waals surface area contributed by atoms with Crippen molar-refractivity contribution in [3.05, 3.63) is 81.9 Å².